The van der Waals surface area contributed by atoms with Crippen LogP contribution in [0.25, 0.3) is 0 Å². The third-order valence-corrected chi connectivity index (χ3v) is 4.18. The topological polar surface area (TPSA) is 20.3 Å². The van der Waals surface area contributed by atoms with Crippen LogP contribution >= 0.6 is 0 Å². The quantitative estimate of drug-likeness (QED) is 0.667. The molecule has 4 heteroatoms. The third kappa shape index (κ3) is 4.60. The number of likely N-dealkylation sites (N-methyl/N-ethyl adjacent to an activating group) is 1. The summed E-state index contributed by atoms with van der Waals surface area (Å²) in [6, 6.07) is 3.01. The maximum absolute atomic E-state index is 13.3. The number of ketones is 1. The predicted molar refractivity (Wildman–Crippen MR) is 81.5 cm³/mol. The molecule has 0 radical (unpaired) electrons. The van der Waals surface area contributed by atoms with Gasteiger partial charge in [0.25, 0.3) is 0 Å². The molecule has 1 unspecified atom stereocenters. The van der Waals surface area contributed by atoms with Crippen LogP contribution in [0.15, 0.2) is 18.2 Å². The predicted octanol–water partition coefficient (Wildman–Crippen LogP) is 4.29. The third-order valence-electron chi connectivity index (χ3n) is 4.18. The standard InChI is InChI=1S/C17H25F2NO/c1-5-13(6-2)11-20(7-3)12(4)17(21)14-8-9-15(18)16(19)10-14/h8-10,12-13H,5-7,11H2,1-4H3. The van der Waals surface area contributed by atoms with Gasteiger partial charge < -0.3 is 0 Å². The molecule has 0 aromatic heterocycles. The van der Waals surface area contributed by atoms with Gasteiger partial charge in [-0.15, -0.1) is 0 Å². The average molecular weight is 297 g/mol. The lowest BCUT2D eigenvalue weighted by atomic mass is 9.99. The molecule has 0 aliphatic heterocycles. The van der Waals surface area contributed by atoms with E-state index < -0.39 is 11.6 Å². The van der Waals surface area contributed by atoms with Crippen LogP contribution in [-0.4, -0.2) is 29.8 Å². The highest BCUT2D eigenvalue weighted by Gasteiger charge is 2.23. The minimum absolute atomic E-state index is 0.165. The van der Waals surface area contributed by atoms with Crippen molar-refractivity contribution in [2.75, 3.05) is 13.1 Å². The molecule has 0 saturated heterocycles. The van der Waals surface area contributed by atoms with Gasteiger partial charge in [0.15, 0.2) is 17.4 Å². The van der Waals surface area contributed by atoms with Gasteiger partial charge in [-0.05, 0) is 37.6 Å². The summed E-state index contributed by atoms with van der Waals surface area (Å²) in [6.07, 6.45) is 2.14. The lowest BCUT2D eigenvalue weighted by molar-refractivity contribution is 0.0818. The minimum Gasteiger partial charge on any atom is -0.294 e. The highest BCUT2D eigenvalue weighted by Crippen LogP contribution is 2.16. The Morgan fingerprint density at radius 1 is 1.14 bits per heavy atom. The molecule has 118 valence electrons. The number of halogens is 2. The maximum Gasteiger partial charge on any atom is 0.179 e. The van der Waals surface area contributed by atoms with Crippen molar-refractivity contribution in [1.82, 2.24) is 4.90 Å². The summed E-state index contributed by atoms with van der Waals surface area (Å²) in [5.41, 5.74) is 0.226. The fraction of sp³-hybridized carbons (Fsp3) is 0.588. The van der Waals surface area contributed by atoms with Crippen molar-refractivity contribution >= 4 is 5.78 Å². The van der Waals surface area contributed by atoms with E-state index in [0.29, 0.717) is 5.92 Å². The van der Waals surface area contributed by atoms with Crippen molar-refractivity contribution in [3.8, 4) is 0 Å². The Kier molecular flexibility index (Phi) is 6.96. The normalized spacial score (nSPS) is 13.0. The van der Waals surface area contributed by atoms with E-state index in [9.17, 15) is 13.6 Å². The van der Waals surface area contributed by atoms with E-state index in [1.807, 2.05) is 13.8 Å². The molecule has 0 amide bonds. The Hall–Kier alpha value is -1.29. The molecule has 0 aliphatic carbocycles. The van der Waals surface area contributed by atoms with Crippen LogP contribution < -0.4 is 0 Å². The molecule has 2 nitrogen and oxygen atoms in total. The molecule has 0 fully saturated rings. The second kappa shape index (κ2) is 8.23. The molecule has 1 rings (SSSR count). The number of carbonyl (C=O) groups excluding carboxylic acids is 1. The molecule has 1 atom stereocenters. The SMILES string of the molecule is CCC(CC)CN(CC)C(C)C(=O)c1ccc(F)c(F)c1. The first-order valence-electron chi connectivity index (χ1n) is 7.67. The zero-order chi connectivity index (χ0) is 16.0. The molecular weight excluding hydrogens is 272 g/mol. The van der Waals surface area contributed by atoms with Crippen molar-refractivity contribution in [1.29, 1.82) is 0 Å². The van der Waals surface area contributed by atoms with Gasteiger partial charge in [-0.3, -0.25) is 9.69 Å². The summed E-state index contributed by atoms with van der Waals surface area (Å²) in [6.45, 7) is 9.73. The highest BCUT2D eigenvalue weighted by molar-refractivity contribution is 5.99. The monoisotopic (exact) mass is 297 g/mol. The van der Waals surface area contributed by atoms with Gasteiger partial charge in [0, 0.05) is 12.1 Å². The Morgan fingerprint density at radius 3 is 2.24 bits per heavy atom. The molecule has 0 aliphatic rings. The van der Waals surface area contributed by atoms with Crippen LogP contribution in [0.5, 0.6) is 0 Å². The summed E-state index contributed by atoms with van der Waals surface area (Å²) in [4.78, 5) is 14.5. The van der Waals surface area contributed by atoms with Crippen LogP contribution in [0.3, 0.4) is 0 Å². The Bertz CT molecular complexity index is 472. The van der Waals surface area contributed by atoms with E-state index in [4.69, 9.17) is 0 Å². The number of hydrogen-bond acceptors (Lipinski definition) is 2. The van der Waals surface area contributed by atoms with E-state index in [1.54, 1.807) is 0 Å². The van der Waals surface area contributed by atoms with Gasteiger partial charge in [0.1, 0.15) is 0 Å². The van der Waals surface area contributed by atoms with Crippen LogP contribution in [-0.2, 0) is 0 Å². The average Bonchev–Trinajstić information content (AvgIpc) is 2.50. The largest absolute Gasteiger partial charge is 0.294 e. The molecule has 0 heterocycles. The van der Waals surface area contributed by atoms with Gasteiger partial charge in [0.05, 0.1) is 6.04 Å². The fourth-order valence-corrected chi connectivity index (χ4v) is 2.50. The van der Waals surface area contributed by atoms with E-state index in [2.05, 4.69) is 18.7 Å². The minimum atomic E-state index is -0.976. The summed E-state index contributed by atoms with van der Waals surface area (Å²) in [7, 11) is 0. The molecule has 0 saturated carbocycles. The number of hydrogen-bond donors (Lipinski definition) is 0. The summed E-state index contributed by atoms with van der Waals surface area (Å²) < 4.78 is 26.2. The van der Waals surface area contributed by atoms with Crippen LogP contribution in [0, 0.1) is 17.6 Å². The van der Waals surface area contributed by atoms with Crippen molar-refractivity contribution in [3.63, 3.8) is 0 Å². The van der Waals surface area contributed by atoms with Crippen LogP contribution in [0.2, 0.25) is 0 Å². The number of rotatable bonds is 8. The van der Waals surface area contributed by atoms with E-state index >= 15 is 0 Å². The van der Waals surface area contributed by atoms with E-state index in [0.717, 1.165) is 38.1 Å². The number of nitrogens with zero attached hydrogens (tertiary/aromatic N) is 1. The molecule has 0 bridgehead atoms. The Morgan fingerprint density at radius 2 is 1.76 bits per heavy atom. The summed E-state index contributed by atoms with van der Waals surface area (Å²) in [5, 5.41) is 0. The smallest absolute Gasteiger partial charge is 0.179 e. The van der Waals surface area contributed by atoms with Crippen LogP contribution in [0.1, 0.15) is 50.9 Å². The molecular formula is C17H25F2NO. The lowest BCUT2D eigenvalue weighted by Gasteiger charge is -2.30. The first kappa shape index (κ1) is 17.8. The Balaban J connectivity index is 2.85. The first-order valence-corrected chi connectivity index (χ1v) is 7.67. The summed E-state index contributed by atoms with van der Waals surface area (Å²) >= 11 is 0. The van der Waals surface area contributed by atoms with Gasteiger partial charge >= 0.3 is 0 Å². The Labute approximate surface area is 126 Å². The van der Waals surface area contributed by atoms with Crippen molar-refractivity contribution < 1.29 is 13.6 Å². The maximum atomic E-state index is 13.3. The zero-order valence-electron chi connectivity index (χ0n) is 13.3. The summed E-state index contributed by atoms with van der Waals surface area (Å²) in [5.74, 6) is -1.52. The van der Waals surface area contributed by atoms with Gasteiger partial charge in [-0.1, -0.05) is 33.6 Å². The zero-order valence-corrected chi connectivity index (χ0v) is 13.3. The second-order valence-electron chi connectivity index (χ2n) is 5.44. The van der Waals surface area contributed by atoms with Crippen molar-refractivity contribution in [3.05, 3.63) is 35.4 Å². The number of benzene rings is 1. The number of Topliss-reactive ketones (excluding diaryl/α,β-unsaturated/α-hetero) is 1. The van der Waals surface area contributed by atoms with Gasteiger partial charge in [-0.25, -0.2) is 8.78 Å². The molecule has 0 spiro atoms. The van der Waals surface area contributed by atoms with Gasteiger partial charge in [-0.2, -0.15) is 0 Å². The molecule has 1 aromatic carbocycles. The molecule has 0 N–H and O–H groups in total. The second-order valence-corrected chi connectivity index (χ2v) is 5.44. The van der Waals surface area contributed by atoms with Crippen molar-refractivity contribution in [2.24, 2.45) is 5.92 Å². The van der Waals surface area contributed by atoms with Crippen LogP contribution in [0.4, 0.5) is 8.78 Å². The molecule has 21 heavy (non-hydrogen) atoms. The lowest BCUT2D eigenvalue weighted by Crippen LogP contribution is -2.41. The van der Waals surface area contributed by atoms with E-state index in [1.165, 1.54) is 6.07 Å². The van der Waals surface area contributed by atoms with Crippen molar-refractivity contribution in [2.45, 2.75) is 46.6 Å². The van der Waals surface area contributed by atoms with E-state index in [-0.39, 0.29) is 17.4 Å². The number of carbonyl (C=O) groups is 1. The highest BCUT2D eigenvalue weighted by atomic mass is 19.2. The first-order chi connectivity index (χ1) is 9.94. The molecule has 1 aromatic rings. The van der Waals surface area contributed by atoms with Gasteiger partial charge in [0.2, 0.25) is 0 Å². The fourth-order valence-electron chi connectivity index (χ4n) is 2.50.